The van der Waals surface area contributed by atoms with Gasteiger partial charge in [-0.05, 0) is 12.1 Å². The van der Waals surface area contributed by atoms with Crippen molar-refractivity contribution in [3.05, 3.63) is 76.2 Å². The maximum absolute atomic E-state index is 12.7. The molecule has 0 saturated heterocycles. The molecule has 0 aliphatic heterocycles. The zero-order valence-electron chi connectivity index (χ0n) is 14.7. The number of hydrogen-bond acceptors (Lipinski definition) is 5. The molecule has 3 rings (SSSR count). The van der Waals surface area contributed by atoms with Crippen LogP contribution >= 0.6 is 0 Å². The van der Waals surface area contributed by atoms with Crippen molar-refractivity contribution in [3.8, 4) is 5.75 Å². The van der Waals surface area contributed by atoms with Gasteiger partial charge in [0.25, 0.3) is 11.5 Å². The second kappa shape index (κ2) is 7.22. The second-order valence-corrected chi connectivity index (χ2v) is 5.73. The summed E-state index contributed by atoms with van der Waals surface area (Å²) in [4.78, 5) is 28.6. The summed E-state index contributed by atoms with van der Waals surface area (Å²) in [7, 11) is 4.92. The summed E-state index contributed by atoms with van der Waals surface area (Å²) in [6.07, 6.45) is 3.46. The zero-order valence-corrected chi connectivity index (χ0v) is 14.7. The highest BCUT2D eigenvalue weighted by Crippen LogP contribution is 2.29. The van der Waals surface area contributed by atoms with Crippen molar-refractivity contribution in [2.24, 2.45) is 14.1 Å². The molecule has 0 fully saturated rings. The fourth-order valence-corrected chi connectivity index (χ4v) is 2.67. The smallest absolute Gasteiger partial charge is 0.272 e. The second-order valence-electron chi connectivity index (χ2n) is 5.73. The number of para-hydroxylation sites is 1. The minimum absolute atomic E-state index is 0.140. The lowest BCUT2D eigenvalue weighted by Crippen LogP contribution is -2.33. The number of nitrogens with zero attached hydrogens (tertiary/aromatic N) is 4. The van der Waals surface area contributed by atoms with Crippen molar-refractivity contribution in [2.75, 3.05) is 7.11 Å². The summed E-state index contributed by atoms with van der Waals surface area (Å²) in [5.41, 5.74) is 0.621. The number of carbonyl (C=O) groups excluding carboxylic acids is 1. The molecule has 1 N–H and O–H groups in total. The number of ether oxygens (including phenoxy) is 1. The lowest BCUT2D eigenvalue weighted by molar-refractivity contribution is 0.0933. The van der Waals surface area contributed by atoms with E-state index in [1.165, 1.54) is 19.2 Å². The van der Waals surface area contributed by atoms with E-state index in [2.05, 4.69) is 15.4 Å². The summed E-state index contributed by atoms with van der Waals surface area (Å²) in [6.45, 7) is 0. The monoisotopic (exact) mass is 353 g/mol. The van der Waals surface area contributed by atoms with Gasteiger partial charge in [-0.2, -0.15) is 5.10 Å². The van der Waals surface area contributed by atoms with Crippen LogP contribution in [0.4, 0.5) is 0 Å². The van der Waals surface area contributed by atoms with Crippen molar-refractivity contribution >= 4 is 5.91 Å². The first-order valence-electron chi connectivity index (χ1n) is 7.96. The molecule has 3 aromatic rings. The third kappa shape index (κ3) is 3.34. The summed E-state index contributed by atoms with van der Waals surface area (Å²) in [5.74, 6) is 0.862. The quantitative estimate of drug-likeness (QED) is 0.740. The van der Waals surface area contributed by atoms with E-state index in [0.29, 0.717) is 11.6 Å². The number of rotatable bonds is 5. The number of amides is 1. The van der Waals surface area contributed by atoms with Crippen LogP contribution in [0.1, 0.15) is 27.9 Å². The maximum Gasteiger partial charge on any atom is 0.272 e. The molecular weight excluding hydrogens is 334 g/mol. The Kier molecular flexibility index (Phi) is 4.83. The molecule has 0 bridgehead atoms. The fraction of sp³-hybridized carbons (Fsp3) is 0.222. The Bertz CT molecular complexity index is 992. The van der Waals surface area contributed by atoms with E-state index < -0.39 is 11.9 Å². The molecule has 8 heteroatoms. The van der Waals surface area contributed by atoms with Crippen LogP contribution in [0.5, 0.6) is 5.75 Å². The van der Waals surface area contributed by atoms with Crippen molar-refractivity contribution in [2.45, 2.75) is 6.04 Å². The van der Waals surface area contributed by atoms with Gasteiger partial charge in [0.05, 0.1) is 7.11 Å². The molecule has 1 atom stereocenters. The predicted molar refractivity (Wildman–Crippen MR) is 95.0 cm³/mol. The number of imidazole rings is 1. The van der Waals surface area contributed by atoms with Gasteiger partial charge in [-0.3, -0.25) is 9.59 Å². The first-order chi connectivity index (χ1) is 12.5. The van der Waals surface area contributed by atoms with E-state index in [-0.39, 0.29) is 11.3 Å². The third-order valence-electron chi connectivity index (χ3n) is 4.04. The van der Waals surface area contributed by atoms with E-state index in [1.807, 2.05) is 35.9 Å². The number of methoxy groups -OCH3 is 1. The first-order valence-corrected chi connectivity index (χ1v) is 7.96. The Morgan fingerprint density at radius 1 is 1.19 bits per heavy atom. The standard InChI is InChI=1S/C18H19N5O3/c1-22-11-10-19-17(22)16(12-6-4-5-7-14(12)26-3)20-18(25)13-8-9-15(24)23(2)21-13/h4-11,16H,1-3H3,(H,20,25)/t16-/m1/s1. The van der Waals surface area contributed by atoms with Crippen LogP contribution in [0, 0.1) is 0 Å². The van der Waals surface area contributed by atoms with Gasteiger partial charge in [0, 0.05) is 38.1 Å². The van der Waals surface area contributed by atoms with Gasteiger partial charge in [-0.15, -0.1) is 0 Å². The van der Waals surface area contributed by atoms with E-state index in [0.717, 1.165) is 10.2 Å². The summed E-state index contributed by atoms with van der Waals surface area (Å²) >= 11 is 0. The Hall–Kier alpha value is -3.42. The number of aromatic nitrogens is 4. The average molecular weight is 353 g/mol. The van der Waals surface area contributed by atoms with E-state index in [9.17, 15) is 9.59 Å². The summed E-state index contributed by atoms with van der Waals surface area (Å²) in [5, 5.41) is 6.93. The SMILES string of the molecule is COc1ccccc1[C@@H](NC(=O)c1ccc(=O)n(C)n1)c1nccn1C. The molecule has 0 saturated carbocycles. The van der Waals surface area contributed by atoms with Crippen LogP contribution in [-0.2, 0) is 14.1 Å². The van der Waals surface area contributed by atoms with E-state index in [4.69, 9.17) is 4.74 Å². The highest BCUT2D eigenvalue weighted by molar-refractivity contribution is 5.92. The van der Waals surface area contributed by atoms with Crippen molar-refractivity contribution in [3.63, 3.8) is 0 Å². The Labute approximate surface area is 150 Å². The van der Waals surface area contributed by atoms with E-state index in [1.54, 1.807) is 19.5 Å². The van der Waals surface area contributed by atoms with Crippen LogP contribution in [-0.4, -0.2) is 32.3 Å². The molecule has 0 spiro atoms. The maximum atomic E-state index is 12.7. The Morgan fingerprint density at radius 3 is 2.62 bits per heavy atom. The number of aryl methyl sites for hydroxylation is 2. The normalized spacial score (nSPS) is 11.8. The van der Waals surface area contributed by atoms with Gasteiger partial charge in [0.1, 0.15) is 23.3 Å². The van der Waals surface area contributed by atoms with Crippen LogP contribution in [0.2, 0.25) is 0 Å². The minimum atomic E-state index is -0.544. The van der Waals surface area contributed by atoms with Crippen molar-refractivity contribution in [1.82, 2.24) is 24.6 Å². The molecule has 2 heterocycles. The Balaban J connectivity index is 2.01. The summed E-state index contributed by atoms with van der Waals surface area (Å²) < 4.78 is 8.38. The molecule has 0 radical (unpaired) electrons. The molecule has 26 heavy (non-hydrogen) atoms. The molecule has 1 aromatic carbocycles. The number of nitrogens with one attached hydrogen (secondary N) is 1. The number of hydrogen-bond donors (Lipinski definition) is 1. The molecule has 8 nitrogen and oxygen atoms in total. The summed E-state index contributed by atoms with van der Waals surface area (Å²) in [6, 6.07) is 9.57. The zero-order chi connectivity index (χ0) is 18.7. The lowest BCUT2D eigenvalue weighted by Gasteiger charge is -2.21. The van der Waals surface area contributed by atoms with Crippen molar-refractivity contribution < 1.29 is 9.53 Å². The highest BCUT2D eigenvalue weighted by Gasteiger charge is 2.25. The molecule has 1 amide bonds. The highest BCUT2D eigenvalue weighted by atomic mass is 16.5. The lowest BCUT2D eigenvalue weighted by atomic mass is 10.0. The molecule has 2 aromatic heterocycles. The number of carbonyl (C=O) groups is 1. The van der Waals surface area contributed by atoms with Crippen LogP contribution in [0.3, 0.4) is 0 Å². The molecule has 134 valence electrons. The molecular formula is C18H19N5O3. The van der Waals surface area contributed by atoms with Gasteiger partial charge in [-0.1, -0.05) is 18.2 Å². The van der Waals surface area contributed by atoms with Crippen LogP contribution in [0.15, 0.2) is 53.6 Å². The van der Waals surface area contributed by atoms with Crippen molar-refractivity contribution in [1.29, 1.82) is 0 Å². The van der Waals surface area contributed by atoms with E-state index >= 15 is 0 Å². The number of benzene rings is 1. The average Bonchev–Trinajstić information content (AvgIpc) is 3.07. The first kappa shape index (κ1) is 17.4. The van der Waals surface area contributed by atoms with Gasteiger partial charge in [-0.25, -0.2) is 9.67 Å². The largest absolute Gasteiger partial charge is 0.496 e. The fourth-order valence-electron chi connectivity index (χ4n) is 2.67. The van der Waals surface area contributed by atoms with Gasteiger partial charge in [0.2, 0.25) is 0 Å². The van der Waals surface area contributed by atoms with Gasteiger partial charge < -0.3 is 14.6 Å². The third-order valence-corrected chi connectivity index (χ3v) is 4.04. The minimum Gasteiger partial charge on any atom is -0.496 e. The molecule has 0 aliphatic carbocycles. The van der Waals surface area contributed by atoms with Gasteiger partial charge >= 0.3 is 0 Å². The Morgan fingerprint density at radius 2 is 1.96 bits per heavy atom. The van der Waals surface area contributed by atoms with Crippen LogP contribution < -0.4 is 15.6 Å². The van der Waals surface area contributed by atoms with Gasteiger partial charge in [0.15, 0.2) is 0 Å². The molecule has 0 aliphatic rings. The van der Waals surface area contributed by atoms with Crippen LogP contribution in [0.25, 0.3) is 0 Å². The molecule has 0 unspecified atom stereocenters. The topological polar surface area (TPSA) is 91.0 Å². The predicted octanol–water partition coefficient (Wildman–Crippen LogP) is 1.04.